The molecule has 6 heteroatoms. The number of carbonyl (C=O) groups is 2. The third-order valence-corrected chi connectivity index (χ3v) is 5.93. The number of rotatable bonds is 3. The molecule has 3 rings (SSSR count). The Kier molecular flexibility index (Phi) is 6.69. The Morgan fingerprint density at radius 1 is 1.15 bits per heavy atom. The molecule has 1 aromatic carbocycles. The second-order valence-corrected chi connectivity index (χ2v) is 7.92. The summed E-state index contributed by atoms with van der Waals surface area (Å²) >= 11 is 0. The van der Waals surface area contributed by atoms with Crippen LogP contribution in [0.5, 0.6) is 0 Å². The minimum atomic E-state index is -0.0614. The highest BCUT2D eigenvalue weighted by molar-refractivity contribution is 5.98. The van der Waals surface area contributed by atoms with Crippen molar-refractivity contribution in [3.63, 3.8) is 0 Å². The highest BCUT2D eigenvalue weighted by atomic mass is 35.5. The van der Waals surface area contributed by atoms with Gasteiger partial charge in [-0.05, 0) is 62.1 Å². The monoisotopic (exact) mass is 379 g/mol. The average molecular weight is 380 g/mol. The molecule has 3 N–H and O–H groups in total. The van der Waals surface area contributed by atoms with E-state index in [1.54, 1.807) is 31.1 Å². The molecule has 1 aromatic rings. The van der Waals surface area contributed by atoms with Crippen molar-refractivity contribution in [2.75, 3.05) is 19.4 Å². The van der Waals surface area contributed by atoms with Gasteiger partial charge in [-0.2, -0.15) is 0 Å². The first-order valence-electron chi connectivity index (χ1n) is 9.25. The summed E-state index contributed by atoms with van der Waals surface area (Å²) in [5.74, 6) is 0.995. The van der Waals surface area contributed by atoms with E-state index in [1.165, 1.54) is 6.42 Å². The lowest BCUT2D eigenvalue weighted by atomic mass is 9.65. The topological polar surface area (TPSA) is 75.4 Å². The van der Waals surface area contributed by atoms with E-state index in [0.29, 0.717) is 17.4 Å². The van der Waals surface area contributed by atoms with Crippen LogP contribution in [0.15, 0.2) is 18.2 Å². The number of amides is 2. The molecular weight excluding hydrogens is 350 g/mol. The summed E-state index contributed by atoms with van der Waals surface area (Å²) in [7, 11) is 3.45. The number of halogens is 1. The molecule has 2 aliphatic rings. The van der Waals surface area contributed by atoms with Crippen molar-refractivity contribution in [2.24, 2.45) is 23.5 Å². The molecule has 26 heavy (non-hydrogen) atoms. The Balaban J connectivity index is 0.00000243. The van der Waals surface area contributed by atoms with Crippen LogP contribution in [0.25, 0.3) is 0 Å². The molecule has 2 aliphatic carbocycles. The van der Waals surface area contributed by atoms with Crippen LogP contribution >= 0.6 is 12.4 Å². The van der Waals surface area contributed by atoms with Crippen LogP contribution in [0, 0.1) is 24.7 Å². The fourth-order valence-corrected chi connectivity index (χ4v) is 4.39. The summed E-state index contributed by atoms with van der Waals surface area (Å²) in [5, 5.41) is 3.07. The zero-order valence-electron chi connectivity index (χ0n) is 15.8. The van der Waals surface area contributed by atoms with Crippen LogP contribution in [0.4, 0.5) is 5.69 Å². The van der Waals surface area contributed by atoms with E-state index >= 15 is 0 Å². The second-order valence-electron chi connectivity index (χ2n) is 7.92. The Morgan fingerprint density at radius 3 is 2.35 bits per heavy atom. The maximum atomic E-state index is 12.8. The van der Waals surface area contributed by atoms with Crippen molar-refractivity contribution in [3.8, 4) is 0 Å². The molecule has 0 radical (unpaired) electrons. The van der Waals surface area contributed by atoms with Gasteiger partial charge in [-0.15, -0.1) is 12.4 Å². The molecule has 2 fully saturated rings. The summed E-state index contributed by atoms with van der Waals surface area (Å²) < 4.78 is 0. The highest BCUT2D eigenvalue weighted by Gasteiger charge is 2.40. The van der Waals surface area contributed by atoms with Crippen molar-refractivity contribution < 1.29 is 9.59 Å². The molecule has 144 valence electrons. The van der Waals surface area contributed by atoms with Gasteiger partial charge in [0.25, 0.3) is 5.91 Å². The van der Waals surface area contributed by atoms with Crippen LogP contribution < -0.4 is 11.1 Å². The summed E-state index contributed by atoms with van der Waals surface area (Å²) in [6.45, 7) is 1.95. The van der Waals surface area contributed by atoms with Crippen LogP contribution in [0.3, 0.4) is 0 Å². The molecule has 2 unspecified atom stereocenters. The van der Waals surface area contributed by atoms with E-state index in [2.05, 4.69) is 5.32 Å². The molecular formula is C20H30ClN3O2. The zero-order chi connectivity index (χ0) is 18.1. The van der Waals surface area contributed by atoms with Gasteiger partial charge in [-0.3, -0.25) is 9.59 Å². The lowest BCUT2D eigenvalue weighted by molar-refractivity contribution is -0.122. The predicted molar refractivity (Wildman–Crippen MR) is 107 cm³/mol. The van der Waals surface area contributed by atoms with Crippen molar-refractivity contribution in [3.05, 3.63) is 29.3 Å². The minimum Gasteiger partial charge on any atom is -0.345 e. The Hall–Kier alpha value is -1.59. The minimum absolute atomic E-state index is 0. The SMILES string of the molecule is Cc1ccc(C(=O)N(C)C)cc1NC(=O)C1CC2CCCC(C1)C2N.Cl. The number of nitrogens with two attached hydrogens (primary N) is 1. The van der Waals surface area contributed by atoms with Gasteiger partial charge in [0, 0.05) is 37.3 Å². The van der Waals surface area contributed by atoms with Gasteiger partial charge in [0.2, 0.25) is 5.91 Å². The van der Waals surface area contributed by atoms with Gasteiger partial charge in [0.05, 0.1) is 0 Å². The van der Waals surface area contributed by atoms with E-state index in [9.17, 15) is 9.59 Å². The first kappa shape index (κ1) is 20.7. The molecule has 0 aliphatic heterocycles. The van der Waals surface area contributed by atoms with E-state index in [1.807, 2.05) is 13.0 Å². The Labute approximate surface area is 162 Å². The molecule has 2 amide bonds. The number of benzene rings is 1. The Morgan fingerprint density at radius 2 is 1.77 bits per heavy atom. The summed E-state index contributed by atoms with van der Waals surface area (Å²) in [6, 6.07) is 5.74. The van der Waals surface area contributed by atoms with E-state index in [4.69, 9.17) is 5.73 Å². The van der Waals surface area contributed by atoms with Crippen molar-refractivity contribution in [1.82, 2.24) is 4.90 Å². The molecule has 0 aromatic heterocycles. The maximum Gasteiger partial charge on any atom is 0.253 e. The maximum absolute atomic E-state index is 12.8. The van der Waals surface area contributed by atoms with E-state index in [-0.39, 0.29) is 36.2 Å². The third-order valence-electron chi connectivity index (χ3n) is 5.93. The van der Waals surface area contributed by atoms with E-state index in [0.717, 1.165) is 36.9 Å². The van der Waals surface area contributed by atoms with Gasteiger partial charge in [0.1, 0.15) is 0 Å². The number of anilines is 1. The summed E-state index contributed by atoms with van der Waals surface area (Å²) in [5.41, 5.74) is 8.62. The second kappa shape index (κ2) is 8.40. The van der Waals surface area contributed by atoms with Crippen LogP contribution in [-0.2, 0) is 4.79 Å². The van der Waals surface area contributed by atoms with Gasteiger partial charge in [-0.25, -0.2) is 0 Å². The number of hydrogen-bond acceptors (Lipinski definition) is 3. The number of fused-ring (bicyclic) bond motifs is 2. The number of nitrogens with zero attached hydrogens (tertiary/aromatic N) is 1. The third kappa shape index (κ3) is 4.21. The number of aryl methyl sites for hydroxylation is 1. The molecule has 0 spiro atoms. The van der Waals surface area contributed by atoms with Crippen molar-refractivity contribution in [1.29, 1.82) is 0 Å². The van der Waals surface area contributed by atoms with Crippen molar-refractivity contribution in [2.45, 2.75) is 45.1 Å². The predicted octanol–water partition coefficient (Wildman–Crippen LogP) is 3.21. The average Bonchev–Trinajstić information content (AvgIpc) is 2.55. The number of carbonyl (C=O) groups excluding carboxylic acids is 2. The van der Waals surface area contributed by atoms with Gasteiger partial charge < -0.3 is 16.0 Å². The molecule has 0 heterocycles. The Bertz CT molecular complexity index is 663. The van der Waals surface area contributed by atoms with Crippen LogP contribution in [-0.4, -0.2) is 36.9 Å². The molecule has 5 nitrogen and oxygen atoms in total. The zero-order valence-corrected chi connectivity index (χ0v) is 16.6. The van der Waals surface area contributed by atoms with Gasteiger partial charge in [-0.1, -0.05) is 12.5 Å². The molecule has 2 atom stereocenters. The van der Waals surface area contributed by atoms with Gasteiger partial charge >= 0.3 is 0 Å². The largest absolute Gasteiger partial charge is 0.345 e. The first-order chi connectivity index (χ1) is 11.9. The van der Waals surface area contributed by atoms with E-state index < -0.39 is 0 Å². The normalized spacial score (nSPS) is 27.2. The highest BCUT2D eigenvalue weighted by Crippen LogP contribution is 2.42. The van der Waals surface area contributed by atoms with Crippen LogP contribution in [0.2, 0.25) is 0 Å². The fourth-order valence-electron chi connectivity index (χ4n) is 4.39. The van der Waals surface area contributed by atoms with Gasteiger partial charge in [0.15, 0.2) is 0 Å². The quantitative estimate of drug-likeness (QED) is 0.846. The standard InChI is InChI=1S/C20H29N3O2.ClH/c1-12-7-8-15(20(25)23(2)3)11-17(12)22-19(24)16-9-13-5-4-6-14(10-16)18(13)21;/h7-8,11,13-14,16,18H,4-6,9-10,21H2,1-3H3,(H,22,24);1H. The molecule has 0 saturated heterocycles. The number of hydrogen-bond donors (Lipinski definition) is 2. The molecule has 2 bridgehead atoms. The first-order valence-corrected chi connectivity index (χ1v) is 9.25. The van der Waals surface area contributed by atoms with Crippen LogP contribution in [0.1, 0.15) is 48.0 Å². The lowest BCUT2D eigenvalue weighted by Gasteiger charge is -2.43. The van der Waals surface area contributed by atoms with Crippen molar-refractivity contribution >= 4 is 29.9 Å². The molecule has 2 saturated carbocycles. The number of nitrogens with one attached hydrogen (secondary N) is 1. The smallest absolute Gasteiger partial charge is 0.253 e. The fraction of sp³-hybridized carbons (Fsp3) is 0.600. The lowest BCUT2D eigenvalue weighted by Crippen LogP contribution is -2.48. The summed E-state index contributed by atoms with van der Waals surface area (Å²) in [4.78, 5) is 26.5. The summed E-state index contributed by atoms with van der Waals surface area (Å²) in [6.07, 6.45) is 5.31.